The van der Waals surface area contributed by atoms with Crippen LogP contribution < -0.4 is 0 Å². The molecule has 0 aliphatic rings. The molecule has 92 valence electrons. The topological polar surface area (TPSA) is 54.4 Å². The zero-order chi connectivity index (χ0) is 11.7. The predicted octanol–water partition coefficient (Wildman–Crippen LogP) is 2.92. The Balaban J connectivity index is 3.57. The van der Waals surface area contributed by atoms with Crippen LogP contribution in [0.25, 0.3) is 0 Å². The first kappa shape index (κ1) is 15.3. The van der Waals surface area contributed by atoms with Gasteiger partial charge in [0.05, 0.1) is 5.25 Å². The van der Waals surface area contributed by atoms with Gasteiger partial charge in [0.25, 0.3) is 10.1 Å². The Morgan fingerprint density at radius 2 is 1.67 bits per heavy atom. The summed E-state index contributed by atoms with van der Waals surface area (Å²) >= 11 is 3.93. The van der Waals surface area contributed by atoms with Crippen molar-refractivity contribution in [3.63, 3.8) is 0 Å². The Bertz CT molecular complexity index is 237. The fraction of sp³-hybridized carbons (Fsp3) is 1.00. The number of hydrogen-bond acceptors (Lipinski definition) is 3. The van der Waals surface area contributed by atoms with Crippen molar-refractivity contribution in [1.29, 1.82) is 0 Å². The summed E-state index contributed by atoms with van der Waals surface area (Å²) < 4.78 is 30.5. The molecule has 0 heterocycles. The largest absolute Gasteiger partial charge is 0.285 e. The average Bonchev–Trinajstić information content (AvgIpc) is 2.15. The van der Waals surface area contributed by atoms with E-state index >= 15 is 0 Å². The smallest absolute Gasteiger partial charge is 0.268 e. The molecule has 1 unspecified atom stereocenters. The van der Waals surface area contributed by atoms with Crippen molar-refractivity contribution >= 4 is 22.7 Å². The molecular formula is C10H22O3S2. The first-order valence-corrected chi connectivity index (χ1v) is 7.73. The average molecular weight is 254 g/mol. The van der Waals surface area contributed by atoms with Crippen molar-refractivity contribution in [3.8, 4) is 0 Å². The summed E-state index contributed by atoms with van der Waals surface area (Å²) in [7, 11) is -3.89. The molecule has 0 radical (unpaired) electrons. The van der Waals surface area contributed by atoms with Crippen LogP contribution in [0.1, 0.15) is 51.9 Å². The lowest BCUT2D eigenvalue weighted by atomic mass is 10.1. The molecule has 15 heavy (non-hydrogen) atoms. The summed E-state index contributed by atoms with van der Waals surface area (Å²) in [6.45, 7) is 2.16. The Morgan fingerprint density at radius 3 is 2.13 bits per heavy atom. The molecular weight excluding hydrogens is 232 g/mol. The molecule has 0 aliphatic heterocycles. The highest BCUT2D eigenvalue weighted by atomic mass is 32.2. The molecule has 0 bridgehead atoms. The summed E-state index contributed by atoms with van der Waals surface area (Å²) in [5.41, 5.74) is 0. The van der Waals surface area contributed by atoms with Gasteiger partial charge in [-0.3, -0.25) is 4.55 Å². The Labute approximate surface area is 98.8 Å². The molecule has 0 aliphatic carbocycles. The van der Waals surface area contributed by atoms with Gasteiger partial charge >= 0.3 is 0 Å². The summed E-state index contributed by atoms with van der Waals surface area (Å²) in [5.74, 6) is 0.202. The minimum atomic E-state index is -3.89. The van der Waals surface area contributed by atoms with E-state index in [2.05, 4.69) is 19.6 Å². The molecule has 0 spiro atoms. The van der Waals surface area contributed by atoms with E-state index in [0.717, 1.165) is 19.3 Å². The molecule has 0 amide bonds. The van der Waals surface area contributed by atoms with E-state index in [4.69, 9.17) is 4.55 Å². The minimum Gasteiger partial charge on any atom is -0.285 e. The van der Waals surface area contributed by atoms with E-state index in [1.165, 1.54) is 19.3 Å². The highest BCUT2D eigenvalue weighted by Gasteiger charge is 2.20. The lowest BCUT2D eigenvalue weighted by Gasteiger charge is -2.10. The summed E-state index contributed by atoms with van der Waals surface area (Å²) in [6.07, 6.45) is 7.24. The standard InChI is InChI=1S/C10H22O3S2/c1-2-3-4-5-6-7-8-10(9-14)15(11,12)13/h10,14H,2-9H2,1H3,(H,11,12,13). The Kier molecular flexibility index (Phi) is 8.56. The van der Waals surface area contributed by atoms with Crippen LogP contribution in [0, 0.1) is 0 Å². The predicted molar refractivity (Wildman–Crippen MR) is 67.2 cm³/mol. The Hall–Kier alpha value is 0.260. The van der Waals surface area contributed by atoms with Gasteiger partial charge in [0.1, 0.15) is 0 Å². The lowest BCUT2D eigenvalue weighted by Crippen LogP contribution is -2.22. The maximum atomic E-state index is 10.8. The SMILES string of the molecule is CCCCCCCCC(CS)S(=O)(=O)O. The van der Waals surface area contributed by atoms with E-state index in [-0.39, 0.29) is 5.75 Å². The summed E-state index contributed by atoms with van der Waals surface area (Å²) in [4.78, 5) is 0. The van der Waals surface area contributed by atoms with Crippen molar-refractivity contribution in [2.45, 2.75) is 57.1 Å². The van der Waals surface area contributed by atoms with Crippen LogP contribution >= 0.6 is 12.6 Å². The van der Waals surface area contributed by atoms with Gasteiger partial charge in [-0.15, -0.1) is 0 Å². The monoisotopic (exact) mass is 254 g/mol. The van der Waals surface area contributed by atoms with Gasteiger partial charge in [0.15, 0.2) is 0 Å². The van der Waals surface area contributed by atoms with Gasteiger partial charge in [-0.2, -0.15) is 21.0 Å². The fourth-order valence-electron chi connectivity index (χ4n) is 1.49. The molecule has 0 aromatic carbocycles. The molecule has 1 atom stereocenters. The van der Waals surface area contributed by atoms with Gasteiger partial charge in [-0.05, 0) is 6.42 Å². The van der Waals surface area contributed by atoms with Crippen molar-refractivity contribution in [2.75, 3.05) is 5.75 Å². The third-order valence-corrected chi connectivity index (χ3v) is 4.44. The molecule has 0 aromatic rings. The van der Waals surface area contributed by atoms with Crippen LogP contribution in [0.5, 0.6) is 0 Å². The first-order chi connectivity index (χ1) is 7.02. The molecule has 0 saturated heterocycles. The van der Waals surface area contributed by atoms with E-state index in [1.54, 1.807) is 0 Å². The number of hydrogen-bond donors (Lipinski definition) is 2. The number of rotatable bonds is 9. The van der Waals surface area contributed by atoms with Crippen LogP contribution in [0.4, 0.5) is 0 Å². The van der Waals surface area contributed by atoms with E-state index in [9.17, 15) is 8.42 Å². The molecule has 0 aromatic heterocycles. The second kappa shape index (κ2) is 8.42. The van der Waals surface area contributed by atoms with Gasteiger partial charge in [0.2, 0.25) is 0 Å². The van der Waals surface area contributed by atoms with Crippen molar-refractivity contribution in [1.82, 2.24) is 0 Å². The minimum absolute atomic E-state index is 0.202. The Morgan fingerprint density at radius 1 is 1.13 bits per heavy atom. The van der Waals surface area contributed by atoms with Crippen LogP contribution in [-0.2, 0) is 10.1 Å². The van der Waals surface area contributed by atoms with Gasteiger partial charge in [-0.25, -0.2) is 0 Å². The molecule has 3 nitrogen and oxygen atoms in total. The quantitative estimate of drug-likeness (QED) is 0.378. The van der Waals surface area contributed by atoms with Crippen LogP contribution in [0.2, 0.25) is 0 Å². The van der Waals surface area contributed by atoms with E-state index in [0.29, 0.717) is 6.42 Å². The molecule has 0 rings (SSSR count). The number of thiol groups is 1. The normalized spacial score (nSPS) is 14.1. The van der Waals surface area contributed by atoms with Crippen LogP contribution in [-0.4, -0.2) is 24.0 Å². The second-order valence-corrected chi connectivity index (χ2v) is 5.94. The van der Waals surface area contributed by atoms with E-state index < -0.39 is 15.4 Å². The highest BCUT2D eigenvalue weighted by Crippen LogP contribution is 2.13. The zero-order valence-electron chi connectivity index (χ0n) is 9.35. The molecule has 1 N–H and O–H groups in total. The van der Waals surface area contributed by atoms with Crippen molar-refractivity contribution < 1.29 is 13.0 Å². The third-order valence-electron chi connectivity index (χ3n) is 2.50. The fourth-order valence-corrected chi connectivity index (χ4v) is 2.89. The lowest BCUT2D eigenvalue weighted by molar-refractivity contribution is 0.462. The van der Waals surface area contributed by atoms with Crippen molar-refractivity contribution in [3.05, 3.63) is 0 Å². The molecule has 0 saturated carbocycles. The maximum Gasteiger partial charge on any atom is 0.268 e. The van der Waals surface area contributed by atoms with Gasteiger partial charge in [-0.1, -0.05) is 45.4 Å². The van der Waals surface area contributed by atoms with E-state index in [1.807, 2.05) is 0 Å². The zero-order valence-corrected chi connectivity index (χ0v) is 11.1. The first-order valence-electron chi connectivity index (χ1n) is 5.59. The second-order valence-electron chi connectivity index (χ2n) is 3.88. The van der Waals surface area contributed by atoms with Gasteiger partial charge in [0, 0.05) is 5.75 Å². The maximum absolute atomic E-state index is 10.8. The summed E-state index contributed by atoms with van der Waals surface area (Å²) in [6, 6.07) is 0. The van der Waals surface area contributed by atoms with Crippen molar-refractivity contribution in [2.24, 2.45) is 0 Å². The molecule has 0 fully saturated rings. The van der Waals surface area contributed by atoms with Crippen LogP contribution in [0.15, 0.2) is 0 Å². The highest BCUT2D eigenvalue weighted by molar-refractivity contribution is 7.88. The summed E-state index contributed by atoms with van der Waals surface area (Å²) in [5, 5.41) is -0.688. The number of unbranched alkanes of at least 4 members (excludes halogenated alkanes) is 5. The van der Waals surface area contributed by atoms with Crippen LogP contribution in [0.3, 0.4) is 0 Å². The van der Waals surface area contributed by atoms with Gasteiger partial charge < -0.3 is 0 Å². The third kappa shape index (κ3) is 8.11. The molecule has 5 heteroatoms.